The Morgan fingerprint density at radius 3 is 2.03 bits per heavy atom. The Morgan fingerprint density at radius 1 is 0.833 bits per heavy atom. The molecule has 0 spiro atoms. The maximum absolute atomic E-state index is 4.93. The van der Waals surface area contributed by atoms with Crippen LogP contribution in [0.15, 0.2) is 72.8 Å². The molecule has 0 unspecified atom stereocenters. The summed E-state index contributed by atoms with van der Waals surface area (Å²) in [7, 11) is 11.0. The first-order valence-corrected chi connectivity index (χ1v) is 20.6. The van der Waals surface area contributed by atoms with Gasteiger partial charge < -0.3 is 0 Å². The monoisotopic (exact) mass is 610 g/mol. The Labute approximate surface area is 240 Å². The molecule has 0 N–H and O–H groups in total. The van der Waals surface area contributed by atoms with E-state index in [4.69, 9.17) is 17.0 Å². The van der Waals surface area contributed by atoms with Gasteiger partial charge in [-0.05, 0) is 28.4 Å². The molecule has 2 radical (unpaired) electrons. The molecule has 0 nitrogen and oxygen atoms in total. The summed E-state index contributed by atoms with van der Waals surface area (Å²) in [6.45, 7) is 17.9. The van der Waals surface area contributed by atoms with Gasteiger partial charge in [0.2, 0.25) is 0 Å². The van der Waals surface area contributed by atoms with Crippen LogP contribution in [0.4, 0.5) is 0 Å². The number of hydrogen-bond acceptors (Lipinski definition) is 0. The maximum Gasteiger partial charge on any atom is -0.0809 e. The van der Waals surface area contributed by atoms with Gasteiger partial charge in [0.25, 0.3) is 0 Å². The van der Waals surface area contributed by atoms with Crippen molar-refractivity contribution in [3.63, 3.8) is 0 Å². The molecule has 0 amide bonds. The van der Waals surface area contributed by atoms with Gasteiger partial charge in [-0.3, -0.25) is 0 Å². The molecule has 0 saturated heterocycles. The molecule has 1 aliphatic carbocycles. The van der Waals surface area contributed by atoms with Crippen LogP contribution < -0.4 is 0 Å². The summed E-state index contributed by atoms with van der Waals surface area (Å²) < 4.78 is 0. The van der Waals surface area contributed by atoms with Crippen LogP contribution in [0.2, 0.25) is 13.1 Å². The van der Waals surface area contributed by atoms with Crippen molar-refractivity contribution in [2.75, 3.05) is 0 Å². The third-order valence-corrected chi connectivity index (χ3v) is 6.01. The SMILES string of the molecule is CC(C)(C)c1[c-]c2c(cc1)-c1ccc(C(C)(C)C)cc1C2.C[Si]C.[Cl][Zr+2][Cl].c1ccc2[cH-]ccc2c1. The second-order valence-corrected chi connectivity index (χ2v) is 15.8. The van der Waals surface area contributed by atoms with Gasteiger partial charge in [-0.2, -0.15) is 41.3 Å². The Balaban J connectivity index is 0.000000250. The minimum Gasteiger partial charge on any atom is -0.168 e. The molecule has 4 heteroatoms. The third-order valence-electron chi connectivity index (χ3n) is 6.01. The number of fused-ring (bicyclic) bond motifs is 4. The van der Waals surface area contributed by atoms with Gasteiger partial charge in [0, 0.05) is 9.52 Å². The average Bonchev–Trinajstić information content (AvgIpc) is 3.43. The van der Waals surface area contributed by atoms with E-state index in [1.54, 1.807) is 0 Å². The van der Waals surface area contributed by atoms with E-state index in [1.165, 1.54) is 44.2 Å². The van der Waals surface area contributed by atoms with Crippen molar-refractivity contribution in [2.24, 2.45) is 0 Å². The van der Waals surface area contributed by atoms with E-state index >= 15 is 0 Å². The quantitative estimate of drug-likeness (QED) is 0.121. The average molecular weight is 613 g/mol. The zero-order chi connectivity index (χ0) is 26.9. The molecule has 0 atom stereocenters. The molecule has 188 valence electrons. The fraction of sp³-hybridized carbons (Fsp3) is 0.344. The second-order valence-electron chi connectivity index (χ2n) is 11.0. The standard InChI is InChI=1S/C21H25.C9H7.C2H6Si.2ClH.Zr/c1-20(2,3)16-7-9-18-14(12-16)11-15-13-17(21(4,5)6)8-10-19(15)18;1-2-5-9-7-3-6-8(9)4-1;1-3-2;;;/h7-10,12H,11H2,1-6H3;1-7H;1-2H3;2*1H;/q2*-1;;;;+4/p-2. The predicted octanol–water partition coefficient (Wildman–Crippen LogP) is 10.4. The molecular weight excluding hydrogens is 575 g/mol. The zero-order valence-corrected chi connectivity index (χ0v) is 27.9. The van der Waals surface area contributed by atoms with Gasteiger partial charge in [-0.15, -0.1) is 40.8 Å². The summed E-state index contributed by atoms with van der Waals surface area (Å²) in [5, 5.41) is 2.66. The molecule has 36 heavy (non-hydrogen) atoms. The van der Waals surface area contributed by atoms with Crippen LogP contribution in [0.25, 0.3) is 21.9 Å². The number of hydrogen-bond donors (Lipinski definition) is 0. The molecular formula is C32H38Cl2SiZr. The maximum atomic E-state index is 4.93. The van der Waals surface area contributed by atoms with Crippen LogP contribution >= 0.6 is 17.0 Å². The second kappa shape index (κ2) is 14.2. The van der Waals surface area contributed by atoms with Crippen molar-refractivity contribution < 1.29 is 20.8 Å². The fourth-order valence-electron chi connectivity index (χ4n) is 4.10. The molecule has 0 aromatic heterocycles. The van der Waals surface area contributed by atoms with Gasteiger partial charge in [-0.25, -0.2) is 0 Å². The molecule has 0 saturated carbocycles. The third kappa shape index (κ3) is 8.76. The molecule has 1 aliphatic rings. The van der Waals surface area contributed by atoms with Crippen molar-refractivity contribution in [1.29, 1.82) is 0 Å². The summed E-state index contributed by atoms with van der Waals surface area (Å²) in [5.74, 6) is 0. The van der Waals surface area contributed by atoms with Crippen LogP contribution in [-0.2, 0) is 38.1 Å². The molecule has 0 aliphatic heterocycles. The normalized spacial score (nSPS) is 11.5. The summed E-state index contributed by atoms with van der Waals surface area (Å²) in [5.41, 5.74) is 8.70. The zero-order valence-electron chi connectivity index (χ0n) is 22.9. The Morgan fingerprint density at radius 2 is 1.44 bits per heavy atom. The minimum absolute atomic E-state index is 0.167. The van der Waals surface area contributed by atoms with Gasteiger partial charge in [0.05, 0.1) is 0 Å². The van der Waals surface area contributed by atoms with E-state index in [9.17, 15) is 0 Å². The number of halogens is 2. The molecule has 4 aromatic carbocycles. The first-order valence-electron chi connectivity index (χ1n) is 12.3. The van der Waals surface area contributed by atoms with Crippen LogP contribution in [0.1, 0.15) is 63.8 Å². The summed E-state index contributed by atoms with van der Waals surface area (Å²) in [6.07, 6.45) is 1.03. The van der Waals surface area contributed by atoms with Crippen LogP contribution in [0.3, 0.4) is 0 Å². The summed E-state index contributed by atoms with van der Waals surface area (Å²) in [6, 6.07) is 29.8. The van der Waals surface area contributed by atoms with E-state index in [0.29, 0.717) is 0 Å². The largest absolute Gasteiger partial charge is 0.168 e. The Bertz CT molecular complexity index is 1140. The summed E-state index contributed by atoms with van der Waals surface area (Å²) in [4.78, 5) is 0. The first kappa shape index (κ1) is 31.2. The number of benzene rings is 3. The van der Waals surface area contributed by atoms with Crippen molar-refractivity contribution in [3.8, 4) is 11.1 Å². The molecule has 4 aromatic rings. The van der Waals surface area contributed by atoms with E-state index in [1.807, 2.05) is 0 Å². The van der Waals surface area contributed by atoms with Gasteiger partial charge in [0.1, 0.15) is 0 Å². The fourth-order valence-corrected chi connectivity index (χ4v) is 4.10. The smallest absolute Gasteiger partial charge is 0.0809 e. The number of rotatable bonds is 0. The van der Waals surface area contributed by atoms with Crippen molar-refractivity contribution >= 4 is 37.3 Å². The van der Waals surface area contributed by atoms with Gasteiger partial charge in [-0.1, -0.05) is 84.5 Å². The van der Waals surface area contributed by atoms with Crippen LogP contribution in [0.5, 0.6) is 0 Å². The van der Waals surface area contributed by atoms with Gasteiger partial charge in [0.15, 0.2) is 0 Å². The van der Waals surface area contributed by atoms with E-state index < -0.39 is 20.8 Å². The molecule has 0 heterocycles. The van der Waals surface area contributed by atoms with Crippen molar-refractivity contribution in [2.45, 2.75) is 71.9 Å². The summed E-state index contributed by atoms with van der Waals surface area (Å²) >= 11 is -0.826. The van der Waals surface area contributed by atoms with E-state index in [2.05, 4.69) is 133 Å². The molecule has 5 rings (SSSR count). The molecule has 0 fully saturated rings. The van der Waals surface area contributed by atoms with E-state index in [-0.39, 0.29) is 10.8 Å². The Hall–Kier alpha value is -1.05. The molecule has 0 bridgehead atoms. The van der Waals surface area contributed by atoms with Crippen LogP contribution in [-0.4, -0.2) is 9.52 Å². The van der Waals surface area contributed by atoms with Crippen LogP contribution in [0, 0.1) is 6.07 Å². The van der Waals surface area contributed by atoms with Crippen molar-refractivity contribution in [3.05, 3.63) is 101 Å². The van der Waals surface area contributed by atoms with Crippen molar-refractivity contribution in [1.82, 2.24) is 0 Å². The van der Waals surface area contributed by atoms with E-state index in [0.717, 1.165) is 15.9 Å². The predicted molar refractivity (Wildman–Crippen MR) is 160 cm³/mol. The topological polar surface area (TPSA) is 0 Å². The van der Waals surface area contributed by atoms with Gasteiger partial charge >= 0.3 is 37.9 Å². The Kier molecular flexibility index (Phi) is 12.3. The minimum atomic E-state index is -0.826. The first-order chi connectivity index (χ1) is 17.0.